The van der Waals surface area contributed by atoms with Crippen LogP contribution in [0.15, 0.2) is 53.4 Å². The van der Waals surface area contributed by atoms with Crippen LogP contribution >= 0.6 is 0 Å². The van der Waals surface area contributed by atoms with E-state index >= 15 is 0 Å². The summed E-state index contributed by atoms with van der Waals surface area (Å²) < 4.78 is 71.0. The molecule has 1 aliphatic rings. The lowest BCUT2D eigenvalue weighted by Crippen LogP contribution is -2.45. The fraction of sp³-hybridized carbons (Fsp3) is 0.333. The summed E-state index contributed by atoms with van der Waals surface area (Å²) in [5, 5.41) is 4.45. The fourth-order valence-electron chi connectivity index (χ4n) is 3.15. The average molecular weight is 485 g/mol. The highest BCUT2D eigenvalue weighted by Crippen LogP contribution is 2.31. The van der Waals surface area contributed by atoms with Crippen molar-refractivity contribution in [2.45, 2.75) is 31.0 Å². The molecule has 0 saturated carbocycles. The number of urea groups is 1. The minimum Gasteiger partial charge on any atom is -0.457 e. The van der Waals surface area contributed by atoms with E-state index in [1.54, 1.807) is 0 Å². The third-order valence-corrected chi connectivity index (χ3v) is 6.54. The molecule has 0 aromatic heterocycles. The summed E-state index contributed by atoms with van der Waals surface area (Å²) in [4.78, 5) is 23.2. The van der Waals surface area contributed by atoms with Gasteiger partial charge >= 0.3 is 12.2 Å². The van der Waals surface area contributed by atoms with Gasteiger partial charge < -0.3 is 10.1 Å². The number of benzene rings is 2. The molecule has 2 aromatic rings. The molecule has 2 N–H and O–H groups in total. The molecule has 0 radical (unpaired) electrons. The van der Waals surface area contributed by atoms with Crippen molar-refractivity contribution in [3.8, 4) is 11.5 Å². The van der Waals surface area contributed by atoms with Crippen molar-refractivity contribution < 1.29 is 35.9 Å². The molecule has 0 aliphatic carbocycles. The maximum atomic E-state index is 13.2. The highest BCUT2D eigenvalue weighted by Gasteiger charge is 2.35. The van der Waals surface area contributed by atoms with Gasteiger partial charge in [-0.25, -0.2) is 13.2 Å². The zero-order valence-corrected chi connectivity index (χ0v) is 18.5. The predicted octanol–water partition coefficient (Wildman–Crippen LogP) is 3.35. The van der Waals surface area contributed by atoms with Crippen molar-refractivity contribution in [2.75, 3.05) is 13.1 Å². The molecule has 12 heteroatoms. The summed E-state index contributed by atoms with van der Waals surface area (Å²) in [6, 6.07) is 7.77. The Kier molecular flexibility index (Phi) is 6.98. The van der Waals surface area contributed by atoms with E-state index in [0.717, 1.165) is 16.4 Å². The Morgan fingerprint density at radius 3 is 2.00 bits per heavy atom. The molecule has 1 aliphatic heterocycles. The van der Waals surface area contributed by atoms with Gasteiger partial charge in [-0.15, -0.1) is 0 Å². The molecule has 1 atom stereocenters. The number of ether oxygens (including phenoxy) is 1. The van der Waals surface area contributed by atoms with Crippen LogP contribution in [0.3, 0.4) is 0 Å². The smallest absolute Gasteiger partial charge is 0.416 e. The minimum absolute atomic E-state index is 0.0535. The van der Waals surface area contributed by atoms with E-state index in [1.807, 2.05) is 13.8 Å². The number of imide groups is 1. The van der Waals surface area contributed by atoms with Crippen LogP contribution in [0.1, 0.15) is 19.4 Å². The third kappa shape index (κ3) is 6.02. The van der Waals surface area contributed by atoms with Crippen LogP contribution in [0.4, 0.5) is 18.0 Å². The normalized spacial score (nSPS) is 16.8. The number of halogens is 3. The molecular formula is C21H22F3N3O5S. The molecule has 8 nitrogen and oxygen atoms in total. The zero-order chi connectivity index (χ0) is 24.4. The predicted molar refractivity (Wildman–Crippen MR) is 112 cm³/mol. The number of nitrogens with zero attached hydrogens (tertiary/aromatic N) is 1. The van der Waals surface area contributed by atoms with Crippen LogP contribution in [0.2, 0.25) is 0 Å². The van der Waals surface area contributed by atoms with E-state index in [0.29, 0.717) is 0 Å². The number of carbonyl (C=O) groups is 2. The molecule has 3 rings (SSSR count). The van der Waals surface area contributed by atoms with Gasteiger partial charge in [0.05, 0.1) is 10.5 Å². The second kappa shape index (κ2) is 9.40. The van der Waals surface area contributed by atoms with Gasteiger partial charge in [0.25, 0.3) is 5.91 Å². The Bertz CT molecular complexity index is 1120. The van der Waals surface area contributed by atoms with Crippen molar-refractivity contribution in [3.05, 3.63) is 54.1 Å². The topological polar surface area (TPSA) is 105 Å². The molecule has 0 bridgehead atoms. The Hall–Kier alpha value is -3.12. The number of alkyl halides is 3. The summed E-state index contributed by atoms with van der Waals surface area (Å²) in [6.07, 6.45) is -4.46. The molecule has 0 spiro atoms. The van der Waals surface area contributed by atoms with Gasteiger partial charge in [-0.2, -0.15) is 17.5 Å². The first-order valence-electron chi connectivity index (χ1n) is 9.93. The highest BCUT2D eigenvalue weighted by molar-refractivity contribution is 7.89. The van der Waals surface area contributed by atoms with Gasteiger partial charge in [-0.3, -0.25) is 10.1 Å². The first-order chi connectivity index (χ1) is 15.4. The molecule has 3 amide bonds. The van der Waals surface area contributed by atoms with E-state index < -0.39 is 39.7 Å². The van der Waals surface area contributed by atoms with Crippen LogP contribution in [-0.4, -0.2) is 43.8 Å². The van der Waals surface area contributed by atoms with Crippen molar-refractivity contribution in [1.29, 1.82) is 0 Å². The number of amides is 3. The van der Waals surface area contributed by atoms with E-state index in [-0.39, 0.29) is 35.4 Å². The number of hydrogen-bond acceptors (Lipinski definition) is 5. The summed E-state index contributed by atoms with van der Waals surface area (Å²) in [7, 11) is -4.01. The number of sulfonamides is 1. The zero-order valence-electron chi connectivity index (χ0n) is 17.7. The van der Waals surface area contributed by atoms with Crippen LogP contribution < -0.4 is 15.4 Å². The molecule has 1 saturated heterocycles. The maximum Gasteiger partial charge on any atom is 0.416 e. The van der Waals surface area contributed by atoms with Crippen LogP contribution in [-0.2, 0) is 21.0 Å². The van der Waals surface area contributed by atoms with Crippen LogP contribution in [0, 0.1) is 5.92 Å². The number of rotatable bonds is 8. The molecule has 1 fully saturated rings. The van der Waals surface area contributed by atoms with Gasteiger partial charge in [0.15, 0.2) is 0 Å². The minimum atomic E-state index is -4.46. The number of hydrogen-bond donors (Lipinski definition) is 2. The molecule has 1 heterocycles. The fourth-order valence-corrected chi connectivity index (χ4v) is 4.76. The van der Waals surface area contributed by atoms with E-state index in [2.05, 4.69) is 10.6 Å². The molecule has 33 heavy (non-hydrogen) atoms. The SMILES string of the molecule is CC(C)CN(C[C@@H]1NC(=O)NC1=O)S(=O)(=O)c1ccc(Oc2ccc(C(F)(F)F)cc2)cc1. The lowest BCUT2D eigenvalue weighted by Gasteiger charge is -2.25. The van der Waals surface area contributed by atoms with E-state index in [9.17, 15) is 31.2 Å². The highest BCUT2D eigenvalue weighted by atomic mass is 32.2. The third-order valence-electron chi connectivity index (χ3n) is 4.69. The summed E-state index contributed by atoms with van der Waals surface area (Å²) in [5.74, 6) is -0.277. The molecule has 2 aromatic carbocycles. The number of nitrogens with one attached hydrogen (secondary N) is 2. The summed E-state index contributed by atoms with van der Waals surface area (Å²) in [5.41, 5.74) is -0.811. The Balaban J connectivity index is 1.76. The quantitative estimate of drug-likeness (QED) is 0.558. The van der Waals surface area contributed by atoms with Gasteiger partial charge in [-0.1, -0.05) is 13.8 Å². The van der Waals surface area contributed by atoms with E-state index in [1.165, 1.54) is 36.4 Å². The molecule has 178 valence electrons. The Morgan fingerprint density at radius 2 is 1.55 bits per heavy atom. The second-order valence-corrected chi connectivity index (χ2v) is 9.76. The average Bonchev–Trinajstić information content (AvgIpc) is 3.04. The van der Waals surface area contributed by atoms with E-state index in [4.69, 9.17) is 4.74 Å². The molecular weight excluding hydrogens is 463 g/mol. The maximum absolute atomic E-state index is 13.2. The lowest BCUT2D eigenvalue weighted by molar-refractivity contribution is -0.137. The standard InChI is InChI=1S/C21H22F3N3O5S/c1-13(2)11-27(12-18-19(28)26-20(29)25-18)33(30,31)17-9-7-16(8-10-17)32-15-5-3-14(4-6-15)21(22,23)24/h3-10,13,18H,11-12H2,1-2H3,(H2,25,26,28,29)/t18-/m0/s1. The summed E-state index contributed by atoms with van der Waals surface area (Å²) in [6.45, 7) is 3.52. The van der Waals surface area contributed by atoms with Gasteiger partial charge in [0.2, 0.25) is 10.0 Å². The lowest BCUT2D eigenvalue weighted by atomic mass is 10.2. The van der Waals surface area contributed by atoms with Crippen molar-refractivity contribution >= 4 is 22.0 Å². The first-order valence-corrected chi connectivity index (χ1v) is 11.4. The second-order valence-electron chi connectivity index (χ2n) is 7.83. The van der Waals surface area contributed by atoms with Gasteiger partial charge in [0.1, 0.15) is 17.5 Å². The Morgan fingerprint density at radius 1 is 1.00 bits per heavy atom. The van der Waals surface area contributed by atoms with Crippen molar-refractivity contribution in [2.24, 2.45) is 5.92 Å². The summed E-state index contributed by atoms with van der Waals surface area (Å²) >= 11 is 0. The monoisotopic (exact) mass is 485 g/mol. The molecule has 0 unspecified atom stereocenters. The van der Waals surface area contributed by atoms with Gasteiger partial charge in [-0.05, 0) is 54.4 Å². The largest absolute Gasteiger partial charge is 0.457 e. The Labute approximate surface area is 188 Å². The number of carbonyl (C=O) groups excluding carboxylic acids is 2. The first kappa shape index (κ1) is 24.5. The van der Waals surface area contributed by atoms with Crippen molar-refractivity contribution in [3.63, 3.8) is 0 Å². The van der Waals surface area contributed by atoms with Crippen LogP contribution in [0.25, 0.3) is 0 Å². The van der Waals surface area contributed by atoms with Crippen LogP contribution in [0.5, 0.6) is 11.5 Å². The van der Waals surface area contributed by atoms with Gasteiger partial charge in [0, 0.05) is 13.1 Å². The van der Waals surface area contributed by atoms with Crippen molar-refractivity contribution in [1.82, 2.24) is 14.9 Å².